The van der Waals surface area contributed by atoms with Crippen molar-refractivity contribution in [3.63, 3.8) is 0 Å². The number of carbonyl (C=O) groups excluding carboxylic acids is 2. The summed E-state index contributed by atoms with van der Waals surface area (Å²) in [6.45, 7) is 2.70. The van der Waals surface area contributed by atoms with Gasteiger partial charge in [0.2, 0.25) is 11.8 Å². The molecule has 2 amide bonds. The molecule has 1 aliphatic heterocycles. The van der Waals surface area contributed by atoms with Gasteiger partial charge in [-0.25, -0.2) is 0 Å². The van der Waals surface area contributed by atoms with Crippen LogP contribution in [-0.4, -0.2) is 41.4 Å². The standard InChI is InChI=1S/C19H26N2O3/c1-19(18(23)20-15-7-5-6-8-15)12-11-17(22)21(19)13-14-24-16-9-3-2-4-10-16/h2-4,9-10,15H,5-8,11-14H2,1H3,(H,20,23). The van der Waals surface area contributed by atoms with Crippen LogP contribution in [0.1, 0.15) is 45.4 Å². The van der Waals surface area contributed by atoms with Gasteiger partial charge in [-0.3, -0.25) is 9.59 Å². The summed E-state index contributed by atoms with van der Waals surface area (Å²) >= 11 is 0. The van der Waals surface area contributed by atoms with Crippen molar-refractivity contribution >= 4 is 11.8 Å². The minimum absolute atomic E-state index is 0.0139. The number of hydrogen-bond acceptors (Lipinski definition) is 3. The van der Waals surface area contributed by atoms with Gasteiger partial charge in [0.25, 0.3) is 0 Å². The zero-order valence-electron chi connectivity index (χ0n) is 14.3. The third kappa shape index (κ3) is 3.55. The van der Waals surface area contributed by atoms with E-state index in [-0.39, 0.29) is 17.9 Å². The van der Waals surface area contributed by atoms with E-state index >= 15 is 0 Å². The normalized spacial score (nSPS) is 24.4. The molecule has 1 aliphatic carbocycles. The van der Waals surface area contributed by atoms with E-state index < -0.39 is 5.54 Å². The van der Waals surface area contributed by atoms with Crippen LogP contribution in [0.25, 0.3) is 0 Å². The summed E-state index contributed by atoms with van der Waals surface area (Å²) in [5.74, 6) is 0.803. The minimum atomic E-state index is -0.750. The lowest BCUT2D eigenvalue weighted by atomic mass is 9.97. The lowest BCUT2D eigenvalue weighted by molar-refractivity contribution is -0.141. The van der Waals surface area contributed by atoms with Gasteiger partial charge in [0.15, 0.2) is 0 Å². The molecule has 1 aromatic carbocycles. The molecule has 1 N–H and O–H groups in total. The third-order valence-electron chi connectivity index (χ3n) is 5.23. The summed E-state index contributed by atoms with van der Waals surface area (Å²) in [4.78, 5) is 26.7. The number of hydrogen-bond donors (Lipinski definition) is 1. The first-order valence-electron chi connectivity index (χ1n) is 8.89. The summed E-state index contributed by atoms with van der Waals surface area (Å²) in [5, 5.41) is 3.15. The van der Waals surface area contributed by atoms with Crippen LogP contribution in [0, 0.1) is 0 Å². The molecule has 1 saturated carbocycles. The lowest BCUT2D eigenvalue weighted by Crippen LogP contribution is -2.56. The number of nitrogens with one attached hydrogen (secondary N) is 1. The van der Waals surface area contributed by atoms with E-state index in [9.17, 15) is 9.59 Å². The Labute approximate surface area is 143 Å². The van der Waals surface area contributed by atoms with Crippen LogP contribution in [0.2, 0.25) is 0 Å². The second-order valence-corrected chi connectivity index (χ2v) is 6.94. The van der Waals surface area contributed by atoms with E-state index in [1.54, 1.807) is 4.90 Å². The van der Waals surface area contributed by atoms with Gasteiger partial charge in [-0.1, -0.05) is 31.0 Å². The average Bonchev–Trinajstić information content (AvgIpc) is 3.19. The zero-order valence-corrected chi connectivity index (χ0v) is 14.3. The highest BCUT2D eigenvalue weighted by Crippen LogP contribution is 2.31. The molecule has 1 aromatic rings. The van der Waals surface area contributed by atoms with Gasteiger partial charge in [0.05, 0.1) is 6.54 Å². The molecule has 2 fully saturated rings. The number of ether oxygens (including phenoxy) is 1. The fourth-order valence-corrected chi connectivity index (χ4v) is 3.69. The molecule has 24 heavy (non-hydrogen) atoms. The average molecular weight is 330 g/mol. The van der Waals surface area contributed by atoms with Gasteiger partial charge in [-0.15, -0.1) is 0 Å². The first-order chi connectivity index (χ1) is 11.6. The van der Waals surface area contributed by atoms with E-state index in [0.717, 1.165) is 18.6 Å². The molecular weight excluding hydrogens is 304 g/mol. The summed E-state index contributed by atoms with van der Waals surface area (Å²) in [5.41, 5.74) is -0.750. The maximum atomic E-state index is 12.8. The molecule has 1 atom stereocenters. The van der Waals surface area contributed by atoms with Crippen LogP contribution in [0.15, 0.2) is 30.3 Å². The second kappa shape index (κ2) is 7.24. The van der Waals surface area contributed by atoms with Crippen molar-refractivity contribution < 1.29 is 14.3 Å². The number of likely N-dealkylation sites (tertiary alicyclic amines) is 1. The number of rotatable bonds is 6. The highest BCUT2D eigenvalue weighted by atomic mass is 16.5. The van der Waals surface area contributed by atoms with Gasteiger partial charge in [0.1, 0.15) is 17.9 Å². The Morgan fingerprint density at radius 1 is 1.29 bits per heavy atom. The fourth-order valence-electron chi connectivity index (χ4n) is 3.69. The van der Waals surface area contributed by atoms with Gasteiger partial charge in [-0.2, -0.15) is 0 Å². The summed E-state index contributed by atoms with van der Waals surface area (Å²) in [7, 11) is 0. The monoisotopic (exact) mass is 330 g/mol. The summed E-state index contributed by atoms with van der Waals surface area (Å²) in [6, 6.07) is 9.80. The van der Waals surface area contributed by atoms with E-state index in [0.29, 0.717) is 26.0 Å². The van der Waals surface area contributed by atoms with Crippen molar-refractivity contribution in [3.05, 3.63) is 30.3 Å². The van der Waals surface area contributed by atoms with Crippen molar-refractivity contribution in [2.24, 2.45) is 0 Å². The van der Waals surface area contributed by atoms with Crippen LogP contribution < -0.4 is 10.1 Å². The van der Waals surface area contributed by atoms with E-state index in [1.807, 2.05) is 37.3 Å². The van der Waals surface area contributed by atoms with Crippen molar-refractivity contribution in [2.75, 3.05) is 13.2 Å². The Kier molecular flexibility index (Phi) is 5.07. The first-order valence-corrected chi connectivity index (χ1v) is 8.89. The molecule has 0 aromatic heterocycles. The van der Waals surface area contributed by atoms with Crippen molar-refractivity contribution in [1.29, 1.82) is 0 Å². The Hall–Kier alpha value is -2.04. The van der Waals surface area contributed by atoms with E-state index in [1.165, 1.54) is 12.8 Å². The number of amides is 2. The van der Waals surface area contributed by atoms with Gasteiger partial charge in [0, 0.05) is 12.5 Å². The molecule has 1 unspecified atom stereocenters. The van der Waals surface area contributed by atoms with Crippen LogP contribution in [-0.2, 0) is 9.59 Å². The molecular formula is C19H26N2O3. The Morgan fingerprint density at radius 3 is 2.71 bits per heavy atom. The van der Waals surface area contributed by atoms with Crippen molar-refractivity contribution in [3.8, 4) is 5.75 Å². The SMILES string of the molecule is CC1(C(=O)NC2CCCC2)CCC(=O)N1CCOc1ccccc1. The summed E-state index contributed by atoms with van der Waals surface area (Å²) in [6.07, 6.45) is 5.46. The number of para-hydroxylation sites is 1. The van der Waals surface area contributed by atoms with E-state index in [4.69, 9.17) is 4.74 Å². The first kappa shape index (κ1) is 16.8. The van der Waals surface area contributed by atoms with Gasteiger partial charge < -0.3 is 15.0 Å². The molecule has 0 radical (unpaired) electrons. The molecule has 5 heteroatoms. The maximum Gasteiger partial charge on any atom is 0.245 e. The minimum Gasteiger partial charge on any atom is -0.492 e. The van der Waals surface area contributed by atoms with Crippen molar-refractivity contribution in [2.45, 2.75) is 57.0 Å². The molecule has 0 spiro atoms. The number of benzene rings is 1. The number of carbonyl (C=O) groups is 2. The maximum absolute atomic E-state index is 12.8. The predicted molar refractivity (Wildman–Crippen MR) is 91.7 cm³/mol. The van der Waals surface area contributed by atoms with Crippen LogP contribution in [0.5, 0.6) is 5.75 Å². The molecule has 0 bridgehead atoms. The fraction of sp³-hybridized carbons (Fsp3) is 0.579. The van der Waals surface area contributed by atoms with Crippen molar-refractivity contribution in [1.82, 2.24) is 10.2 Å². The summed E-state index contributed by atoms with van der Waals surface area (Å²) < 4.78 is 5.70. The smallest absolute Gasteiger partial charge is 0.245 e. The quantitative estimate of drug-likeness (QED) is 0.872. The molecule has 1 heterocycles. The Balaban J connectivity index is 1.58. The van der Waals surface area contributed by atoms with Crippen LogP contribution in [0.4, 0.5) is 0 Å². The highest BCUT2D eigenvalue weighted by Gasteiger charge is 2.47. The van der Waals surface area contributed by atoms with Crippen LogP contribution in [0.3, 0.4) is 0 Å². The molecule has 3 rings (SSSR count). The molecule has 1 saturated heterocycles. The third-order valence-corrected chi connectivity index (χ3v) is 5.23. The van der Waals surface area contributed by atoms with Crippen LogP contribution >= 0.6 is 0 Å². The lowest BCUT2D eigenvalue weighted by Gasteiger charge is -2.34. The molecule has 5 nitrogen and oxygen atoms in total. The predicted octanol–water partition coefficient (Wildman–Crippen LogP) is 2.51. The second-order valence-electron chi connectivity index (χ2n) is 6.94. The largest absolute Gasteiger partial charge is 0.492 e. The van der Waals surface area contributed by atoms with Gasteiger partial charge >= 0.3 is 0 Å². The highest BCUT2D eigenvalue weighted by molar-refractivity contribution is 5.94. The van der Waals surface area contributed by atoms with E-state index in [2.05, 4.69) is 5.32 Å². The topological polar surface area (TPSA) is 58.6 Å². The van der Waals surface area contributed by atoms with Gasteiger partial charge in [-0.05, 0) is 38.3 Å². The Morgan fingerprint density at radius 2 is 2.00 bits per heavy atom. The Bertz CT molecular complexity index is 584. The zero-order chi connectivity index (χ0) is 17.0. The molecule has 2 aliphatic rings. The number of nitrogens with zero attached hydrogens (tertiary/aromatic N) is 1. The molecule has 130 valence electrons.